The minimum absolute atomic E-state index is 0.0285. The van der Waals surface area contributed by atoms with Crippen molar-refractivity contribution in [1.82, 2.24) is 5.32 Å². The van der Waals surface area contributed by atoms with Crippen LogP contribution in [0.3, 0.4) is 0 Å². The molecule has 0 bridgehead atoms. The van der Waals surface area contributed by atoms with E-state index >= 15 is 0 Å². The molecule has 2 aromatic carbocycles. The summed E-state index contributed by atoms with van der Waals surface area (Å²) in [6.07, 6.45) is -2.22. The molecule has 2 N–H and O–H groups in total. The number of rotatable bonds is 6. The first-order valence-corrected chi connectivity index (χ1v) is 8.21. The molecule has 2 atom stereocenters. The van der Waals surface area contributed by atoms with E-state index in [1.165, 1.54) is 7.11 Å². The molecular formula is C19H19NO7. The Hall–Kier alpha value is -3.26. The molecule has 0 saturated heterocycles. The summed E-state index contributed by atoms with van der Waals surface area (Å²) in [5.74, 6) is 0.175. The first kappa shape index (κ1) is 18.5. The van der Waals surface area contributed by atoms with Crippen LogP contribution in [0.5, 0.6) is 11.5 Å². The van der Waals surface area contributed by atoms with Gasteiger partial charge in [0.25, 0.3) is 0 Å². The number of hydrogen-bond donors (Lipinski definition) is 2. The molecule has 1 amide bonds. The molecule has 1 aliphatic heterocycles. The van der Waals surface area contributed by atoms with Crippen LogP contribution in [0.25, 0.3) is 0 Å². The number of carbonyl (C=O) groups is 2. The van der Waals surface area contributed by atoms with E-state index in [9.17, 15) is 14.7 Å². The predicted octanol–water partition coefficient (Wildman–Crippen LogP) is 1.92. The highest BCUT2D eigenvalue weighted by molar-refractivity contribution is 5.82. The number of carbonyl (C=O) groups excluding carboxylic acids is 2. The topological polar surface area (TPSA) is 103 Å². The summed E-state index contributed by atoms with van der Waals surface area (Å²) in [5.41, 5.74) is 1.15. The quantitative estimate of drug-likeness (QED) is 0.746. The van der Waals surface area contributed by atoms with Gasteiger partial charge in [-0.05, 0) is 23.3 Å². The molecule has 142 valence electrons. The van der Waals surface area contributed by atoms with Crippen LogP contribution in [0.2, 0.25) is 0 Å². The Kier molecular flexibility index (Phi) is 5.77. The highest BCUT2D eigenvalue weighted by Crippen LogP contribution is 2.34. The van der Waals surface area contributed by atoms with E-state index < -0.39 is 24.2 Å². The van der Waals surface area contributed by atoms with E-state index in [1.54, 1.807) is 30.3 Å². The summed E-state index contributed by atoms with van der Waals surface area (Å²) >= 11 is 0. The molecule has 8 nitrogen and oxygen atoms in total. The van der Waals surface area contributed by atoms with Crippen LogP contribution in [0, 0.1) is 0 Å². The fraction of sp³-hybridized carbons (Fsp3) is 0.263. The predicted molar refractivity (Wildman–Crippen MR) is 93.1 cm³/mol. The van der Waals surface area contributed by atoms with Crippen molar-refractivity contribution in [2.24, 2.45) is 0 Å². The molecule has 0 fully saturated rings. The van der Waals surface area contributed by atoms with Crippen molar-refractivity contribution in [2.75, 3.05) is 13.9 Å². The van der Waals surface area contributed by atoms with E-state index in [4.69, 9.17) is 14.2 Å². The monoisotopic (exact) mass is 373 g/mol. The Bertz CT molecular complexity index is 809. The number of benzene rings is 2. The average molecular weight is 373 g/mol. The zero-order chi connectivity index (χ0) is 19.2. The first-order valence-electron chi connectivity index (χ1n) is 8.21. The van der Waals surface area contributed by atoms with Gasteiger partial charge in [0.05, 0.1) is 7.11 Å². The zero-order valence-electron chi connectivity index (χ0n) is 14.6. The Labute approximate surface area is 155 Å². The third-order valence-corrected chi connectivity index (χ3v) is 4.00. The third-order valence-electron chi connectivity index (χ3n) is 4.00. The van der Waals surface area contributed by atoms with Crippen LogP contribution in [-0.4, -0.2) is 37.1 Å². The van der Waals surface area contributed by atoms with Crippen molar-refractivity contribution < 1.29 is 33.6 Å². The van der Waals surface area contributed by atoms with E-state index in [1.807, 2.05) is 18.2 Å². The van der Waals surface area contributed by atoms with Gasteiger partial charge < -0.3 is 29.4 Å². The lowest BCUT2D eigenvalue weighted by Gasteiger charge is -2.22. The van der Waals surface area contributed by atoms with Crippen LogP contribution >= 0.6 is 0 Å². The molecule has 27 heavy (non-hydrogen) atoms. The van der Waals surface area contributed by atoms with Gasteiger partial charge in [0.15, 0.2) is 17.5 Å². The number of alkyl carbamates (subject to hydrolysis) is 1. The number of aliphatic hydroxyl groups excluding tert-OH is 1. The van der Waals surface area contributed by atoms with Crippen molar-refractivity contribution in [3.8, 4) is 11.5 Å². The summed E-state index contributed by atoms with van der Waals surface area (Å²) in [5, 5.41) is 12.9. The van der Waals surface area contributed by atoms with Crippen molar-refractivity contribution >= 4 is 12.1 Å². The van der Waals surface area contributed by atoms with Crippen molar-refractivity contribution in [3.63, 3.8) is 0 Å². The molecule has 0 aliphatic carbocycles. The summed E-state index contributed by atoms with van der Waals surface area (Å²) in [6.45, 7) is 0.111. The lowest BCUT2D eigenvalue weighted by molar-refractivity contribution is -0.146. The lowest BCUT2D eigenvalue weighted by atomic mass is 10.0. The van der Waals surface area contributed by atoms with Gasteiger partial charge in [0.2, 0.25) is 6.79 Å². The number of ether oxygens (including phenoxy) is 4. The normalized spacial score (nSPS) is 14.1. The second-order valence-electron chi connectivity index (χ2n) is 5.76. The van der Waals surface area contributed by atoms with Gasteiger partial charge in [0.1, 0.15) is 12.7 Å². The molecule has 1 heterocycles. The highest BCUT2D eigenvalue weighted by Gasteiger charge is 2.32. The maximum absolute atomic E-state index is 12.1. The summed E-state index contributed by atoms with van der Waals surface area (Å²) in [7, 11) is 1.17. The van der Waals surface area contributed by atoms with Crippen LogP contribution in [0.15, 0.2) is 48.5 Å². The van der Waals surface area contributed by atoms with Crippen molar-refractivity contribution in [2.45, 2.75) is 18.8 Å². The summed E-state index contributed by atoms with van der Waals surface area (Å²) in [6, 6.07) is 12.5. The second kappa shape index (κ2) is 8.41. The second-order valence-corrected chi connectivity index (χ2v) is 5.76. The van der Waals surface area contributed by atoms with Gasteiger partial charge in [-0.1, -0.05) is 36.4 Å². The number of hydrogen-bond acceptors (Lipinski definition) is 7. The van der Waals surface area contributed by atoms with Gasteiger partial charge in [-0.25, -0.2) is 9.59 Å². The Balaban J connectivity index is 1.67. The number of methoxy groups -OCH3 is 1. The fourth-order valence-electron chi connectivity index (χ4n) is 2.58. The van der Waals surface area contributed by atoms with Crippen LogP contribution in [0.4, 0.5) is 4.79 Å². The highest BCUT2D eigenvalue weighted by atomic mass is 16.7. The van der Waals surface area contributed by atoms with Gasteiger partial charge in [0, 0.05) is 0 Å². The number of amides is 1. The molecular weight excluding hydrogens is 354 g/mol. The molecule has 8 heteroatoms. The van der Waals surface area contributed by atoms with Crippen LogP contribution in [0.1, 0.15) is 17.2 Å². The molecule has 0 radical (unpaired) electrons. The van der Waals surface area contributed by atoms with E-state index in [2.05, 4.69) is 10.1 Å². The Morgan fingerprint density at radius 2 is 1.89 bits per heavy atom. The Morgan fingerprint density at radius 3 is 2.63 bits per heavy atom. The zero-order valence-corrected chi connectivity index (χ0v) is 14.6. The molecule has 0 aromatic heterocycles. The number of fused-ring (bicyclic) bond motifs is 1. The average Bonchev–Trinajstić information content (AvgIpc) is 3.18. The standard InChI is InChI=1S/C19H19NO7/c1-24-18(22)16(20-19(23)25-10-12-5-3-2-4-6-12)17(21)13-7-8-14-15(9-13)27-11-26-14/h2-9,16-17,21H,10-11H2,1H3,(H,20,23). The number of aliphatic hydroxyl groups is 1. The Morgan fingerprint density at radius 1 is 1.15 bits per heavy atom. The largest absolute Gasteiger partial charge is 0.467 e. The van der Waals surface area contributed by atoms with Crippen molar-refractivity contribution in [1.29, 1.82) is 0 Å². The summed E-state index contributed by atoms with van der Waals surface area (Å²) in [4.78, 5) is 24.1. The minimum atomic E-state index is -1.36. The fourth-order valence-corrected chi connectivity index (χ4v) is 2.58. The maximum Gasteiger partial charge on any atom is 0.408 e. The molecule has 0 saturated carbocycles. The maximum atomic E-state index is 12.1. The molecule has 3 rings (SSSR count). The first-order chi connectivity index (χ1) is 13.1. The lowest BCUT2D eigenvalue weighted by Crippen LogP contribution is -2.45. The van der Waals surface area contributed by atoms with Gasteiger partial charge >= 0.3 is 12.1 Å². The van der Waals surface area contributed by atoms with Crippen molar-refractivity contribution in [3.05, 3.63) is 59.7 Å². The van der Waals surface area contributed by atoms with E-state index in [0.29, 0.717) is 17.1 Å². The van der Waals surface area contributed by atoms with Gasteiger partial charge in [-0.2, -0.15) is 0 Å². The molecule has 2 aromatic rings. The number of esters is 1. The van der Waals surface area contributed by atoms with Crippen LogP contribution < -0.4 is 14.8 Å². The minimum Gasteiger partial charge on any atom is -0.467 e. The molecule has 2 unspecified atom stereocenters. The third kappa shape index (κ3) is 4.48. The van der Waals surface area contributed by atoms with E-state index in [-0.39, 0.29) is 13.4 Å². The SMILES string of the molecule is COC(=O)C(NC(=O)OCc1ccccc1)C(O)c1ccc2c(c1)OCO2. The van der Waals surface area contributed by atoms with Crippen LogP contribution in [-0.2, 0) is 20.9 Å². The van der Waals surface area contributed by atoms with Gasteiger partial charge in [-0.3, -0.25) is 0 Å². The van der Waals surface area contributed by atoms with E-state index in [0.717, 1.165) is 5.56 Å². The molecule has 0 spiro atoms. The molecule has 1 aliphatic rings. The number of nitrogens with one attached hydrogen (secondary N) is 1. The smallest absolute Gasteiger partial charge is 0.408 e. The summed E-state index contributed by atoms with van der Waals surface area (Å²) < 4.78 is 20.3. The van der Waals surface area contributed by atoms with Gasteiger partial charge in [-0.15, -0.1) is 0 Å².